The Morgan fingerprint density at radius 1 is 0.800 bits per heavy atom. The van der Waals surface area contributed by atoms with Crippen LogP contribution in [0, 0.1) is 0 Å². The molecule has 0 bridgehead atoms. The van der Waals surface area contributed by atoms with Gasteiger partial charge in [-0.15, -0.1) is 0 Å². The smallest absolute Gasteiger partial charge is 0.116 e. The molecular formula is C31H31N9. The standard InChI is InChI=1S/C31H31N9/c1-39-7-9-40(10-8-39)30-20-34-18-28-24(30)12-27(36-28)31-25-13-26(35-19-29(25)37-38-31)23-11-22(16-33-17-23)15-32-14-21-5-3-2-4-6-21/h2-6,11-13,16-20,32,36H,7-10,14-15H2,1H3,(H,37,38). The summed E-state index contributed by atoms with van der Waals surface area (Å²) in [6.45, 7) is 5.62. The maximum atomic E-state index is 4.71. The normalized spacial score (nSPS) is 14.4. The molecule has 0 unspecified atom stereocenters. The van der Waals surface area contributed by atoms with E-state index < -0.39 is 0 Å². The summed E-state index contributed by atoms with van der Waals surface area (Å²) >= 11 is 0. The Labute approximate surface area is 232 Å². The van der Waals surface area contributed by atoms with Gasteiger partial charge in [0.1, 0.15) is 5.69 Å². The Bertz CT molecular complexity index is 1760. The van der Waals surface area contributed by atoms with E-state index in [1.165, 1.54) is 16.6 Å². The molecule has 0 atom stereocenters. The van der Waals surface area contributed by atoms with Crippen LogP contribution in [0.2, 0.25) is 0 Å². The Morgan fingerprint density at radius 2 is 1.62 bits per heavy atom. The summed E-state index contributed by atoms with van der Waals surface area (Å²) in [7, 11) is 2.17. The second-order valence-corrected chi connectivity index (χ2v) is 10.5. The zero-order valence-corrected chi connectivity index (χ0v) is 22.4. The van der Waals surface area contributed by atoms with Crippen LogP contribution in [0.3, 0.4) is 0 Å². The lowest BCUT2D eigenvalue weighted by Gasteiger charge is -2.34. The molecule has 0 saturated carbocycles. The summed E-state index contributed by atoms with van der Waals surface area (Å²) < 4.78 is 0. The van der Waals surface area contributed by atoms with Gasteiger partial charge in [-0.3, -0.25) is 20.1 Å². The molecule has 0 aliphatic carbocycles. The third-order valence-electron chi connectivity index (χ3n) is 7.66. The lowest BCUT2D eigenvalue weighted by Crippen LogP contribution is -2.44. The minimum Gasteiger partial charge on any atom is -0.367 e. The number of piperazine rings is 1. The van der Waals surface area contributed by atoms with Crippen molar-refractivity contribution in [1.29, 1.82) is 0 Å². The maximum absolute atomic E-state index is 4.71. The molecule has 5 aromatic heterocycles. The van der Waals surface area contributed by atoms with E-state index in [1.807, 2.05) is 37.1 Å². The molecule has 1 fully saturated rings. The fraction of sp³-hybridized carbons (Fsp3) is 0.226. The van der Waals surface area contributed by atoms with Gasteiger partial charge in [0.2, 0.25) is 0 Å². The van der Waals surface area contributed by atoms with E-state index in [1.54, 1.807) is 0 Å². The number of benzene rings is 1. The van der Waals surface area contributed by atoms with Crippen molar-refractivity contribution in [3.63, 3.8) is 0 Å². The van der Waals surface area contributed by atoms with Gasteiger partial charge in [0.05, 0.1) is 46.7 Å². The van der Waals surface area contributed by atoms with Crippen LogP contribution in [0.25, 0.3) is 44.5 Å². The highest BCUT2D eigenvalue weighted by molar-refractivity contribution is 6.00. The number of hydrogen-bond acceptors (Lipinski definition) is 7. The number of rotatable bonds is 7. The molecule has 6 aromatic rings. The summed E-state index contributed by atoms with van der Waals surface area (Å²) in [5.74, 6) is 0. The van der Waals surface area contributed by atoms with Gasteiger partial charge >= 0.3 is 0 Å². The van der Waals surface area contributed by atoms with E-state index in [9.17, 15) is 0 Å². The molecule has 1 aromatic carbocycles. The summed E-state index contributed by atoms with van der Waals surface area (Å²) in [4.78, 5) is 22.1. The fourth-order valence-electron chi connectivity index (χ4n) is 5.41. The van der Waals surface area contributed by atoms with Gasteiger partial charge in [-0.1, -0.05) is 30.3 Å². The molecule has 1 aliphatic heterocycles. The predicted octanol–water partition coefficient (Wildman–Crippen LogP) is 4.60. The van der Waals surface area contributed by atoms with E-state index >= 15 is 0 Å². The highest BCUT2D eigenvalue weighted by Crippen LogP contribution is 2.34. The van der Waals surface area contributed by atoms with Crippen molar-refractivity contribution in [2.75, 3.05) is 38.1 Å². The molecule has 9 nitrogen and oxygen atoms in total. The number of aromatic amines is 2. The molecule has 3 N–H and O–H groups in total. The Kier molecular flexibility index (Phi) is 6.43. The molecule has 200 valence electrons. The van der Waals surface area contributed by atoms with Crippen molar-refractivity contribution >= 4 is 27.5 Å². The van der Waals surface area contributed by atoms with Crippen molar-refractivity contribution in [2.24, 2.45) is 0 Å². The van der Waals surface area contributed by atoms with Crippen molar-refractivity contribution < 1.29 is 0 Å². The van der Waals surface area contributed by atoms with Gasteiger partial charge in [-0.2, -0.15) is 5.10 Å². The van der Waals surface area contributed by atoms with E-state index in [2.05, 4.69) is 89.8 Å². The quantitative estimate of drug-likeness (QED) is 0.278. The minimum atomic E-state index is 0.730. The minimum absolute atomic E-state index is 0.730. The molecular weight excluding hydrogens is 498 g/mol. The molecule has 6 heterocycles. The first-order valence-corrected chi connectivity index (χ1v) is 13.6. The van der Waals surface area contributed by atoms with Crippen LogP contribution in [0.4, 0.5) is 5.69 Å². The lowest BCUT2D eigenvalue weighted by molar-refractivity contribution is 0.313. The van der Waals surface area contributed by atoms with Crippen molar-refractivity contribution in [3.05, 3.63) is 90.6 Å². The molecule has 0 radical (unpaired) electrons. The molecule has 0 spiro atoms. The van der Waals surface area contributed by atoms with Crippen LogP contribution in [0.1, 0.15) is 11.1 Å². The first-order chi connectivity index (χ1) is 19.7. The zero-order chi connectivity index (χ0) is 26.9. The summed E-state index contributed by atoms with van der Waals surface area (Å²) in [5.41, 5.74) is 9.11. The molecule has 9 heteroatoms. The fourth-order valence-corrected chi connectivity index (χ4v) is 5.41. The average molecular weight is 530 g/mol. The summed E-state index contributed by atoms with van der Waals surface area (Å²) in [6.07, 6.45) is 9.49. The number of nitrogens with zero attached hydrogens (tertiary/aromatic N) is 6. The van der Waals surface area contributed by atoms with Crippen LogP contribution in [0.15, 0.2) is 79.5 Å². The highest BCUT2D eigenvalue weighted by atomic mass is 15.3. The van der Waals surface area contributed by atoms with Crippen LogP contribution in [0.5, 0.6) is 0 Å². The number of anilines is 1. The first kappa shape index (κ1) is 24.4. The number of nitrogens with one attached hydrogen (secondary N) is 3. The Hall–Kier alpha value is -4.60. The number of pyridine rings is 3. The zero-order valence-electron chi connectivity index (χ0n) is 22.4. The second kappa shape index (κ2) is 10.5. The van der Waals surface area contributed by atoms with Crippen LogP contribution in [-0.2, 0) is 13.1 Å². The SMILES string of the molecule is CN1CCN(c2cncc3[nH]c(-c4n[nH]c5cnc(-c6cncc(CNCc7ccccc7)c6)cc45)cc23)CC1. The number of likely N-dealkylation sites (N-methyl/N-ethyl adjacent to an activating group) is 1. The largest absolute Gasteiger partial charge is 0.367 e. The summed E-state index contributed by atoms with van der Waals surface area (Å²) in [6, 6.07) is 16.8. The van der Waals surface area contributed by atoms with E-state index in [4.69, 9.17) is 4.98 Å². The highest BCUT2D eigenvalue weighted by Gasteiger charge is 2.19. The number of fused-ring (bicyclic) bond motifs is 2. The number of aromatic nitrogens is 6. The van der Waals surface area contributed by atoms with Gasteiger partial charge in [0.15, 0.2) is 0 Å². The molecule has 40 heavy (non-hydrogen) atoms. The maximum Gasteiger partial charge on any atom is 0.116 e. The monoisotopic (exact) mass is 529 g/mol. The van der Waals surface area contributed by atoms with Gasteiger partial charge in [0, 0.05) is 68.0 Å². The molecule has 1 saturated heterocycles. The topological polar surface area (TPSA) is 102 Å². The third-order valence-corrected chi connectivity index (χ3v) is 7.66. The van der Waals surface area contributed by atoms with Gasteiger partial charge < -0.3 is 20.1 Å². The number of hydrogen-bond donors (Lipinski definition) is 3. The molecule has 1 aliphatic rings. The van der Waals surface area contributed by atoms with Crippen molar-refractivity contribution in [2.45, 2.75) is 13.1 Å². The van der Waals surface area contributed by atoms with E-state index in [-0.39, 0.29) is 0 Å². The van der Waals surface area contributed by atoms with Crippen LogP contribution in [-0.4, -0.2) is 68.3 Å². The predicted molar refractivity (Wildman–Crippen MR) is 159 cm³/mol. The van der Waals surface area contributed by atoms with E-state index in [0.717, 1.165) is 83.9 Å². The molecule has 7 rings (SSSR count). The lowest BCUT2D eigenvalue weighted by atomic mass is 10.1. The summed E-state index contributed by atoms with van der Waals surface area (Å²) in [5, 5.41) is 13.5. The van der Waals surface area contributed by atoms with Crippen LogP contribution >= 0.6 is 0 Å². The van der Waals surface area contributed by atoms with Crippen molar-refractivity contribution in [1.82, 2.24) is 40.3 Å². The Balaban J connectivity index is 1.17. The van der Waals surface area contributed by atoms with Gasteiger partial charge in [-0.05, 0) is 36.4 Å². The first-order valence-electron chi connectivity index (χ1n) is 13.6. The van der Waals surface area contributed by atoms with Crippen LogP contribution < -0.4 is 10.2 Å². The van der Waals surface area contributed by atoms with Gasteiger partial charge in [-0.25, -0.2) is 0 Å². The number of H-pyrrole nitrogens is 2. The van der Waals surface area contributed by atoms with E-state index in [0.29, 0.717) is 0 Å². The second-order valence-electron chi connectivity index (χ2n) is 10.5. The van der Waals surface area contributed by atoms with Crippen molar-refractivity contribution in [3.8, 4) is 22.6 Å². The Morgan fingerprint density at radius 3 is 2.50 bits per heavy atom. The average Bonchev–Trinajstić information content (AvgIpc) is 3.62. The van der Waals surface area contributed by atoms with Gasteiger partial charge in [0.25, 0.3) is 0 Å². The third kappa shape index (κ3) is 4.81. The molecule has 0 amide bonds.